The minimum absolute atomic E-state index is 0.0485. The van der Waals surface area contributed by atoms with E-state index in [1.54, 1.807) is 16.7 Å². The van der Waals surface area contributed by atoms with E-state index in [0.29, 0.717) is 48.8 Å². The van der Waals surface area contributed by atoms with E-state index in [1.807, 2.05) is 6.92 Å². The van der Waals surface area contributed by atoms with Crippen molar-refractivity contribution in [2.45, 2.75) is 70.2 Å². The van der Waals surface area contributed by atoms with E-state index in [9.17, 15) is 33.0 Å². The summed E-state index contributed by atoms with van der Waals surface area (Å²) in [6.07, 6.45) is 0.980. The normalized spacial score (nSPS) is 21.8. The summed E-state index contributed by atoms with van der Waals surface area (Å²) in [4.78, 5) is 30.8. The summed E-state index contributed by atoms with van der Waals surface area (Å²) in [6.45, 7) is -1.30. The van der Waals surface area contributed by atoms with Crippen LogP contribution in [-0.2, 0) is 16.0 Å². The topological polar surface area (TPSA) is 114 Å². The summed E-state index contributed by atoms with van der Waals surface area (Å²) in [6, 6.07) is 5.89. The Kier molecular flexibility index (Phi) is 7.63. The van der Waals surface area contributed by atoms with Gasteiger partial charge in [0.1, 0.15) is 23.5 Å². The van der Waals surface area contributed by atoms with E-state index in [-0.39, 0.29) is 29.9 Å². The van der Waals surface area contributed by atoms with E-state index in [1.165, 1.54) is 12.0 Å². The third-order valence-electron chi connectivity index (χ3n) is 7.94. The third-order valence-corrected chi connectivity index (χ3v) is 7.94. The molecule has 2 aliphatic rings. The van der Waals surface area contributed by atoms with Crippen LogP contribution in [0.5, 0.6) is 5.75 Å². The smallest absolute Gasteiger partial charge is 0.414 e. The molecule has 1 aromatic heterocycles. The molecule has 0 saturated heterocycles. The zero-order valence-electron chi connectivity index (χ0n) is 22.0. The molecular formula is C28H30F3N3O6. The minimum atomic E-state index is -3.21. The second kappa shape index (κ2) is 11.0. The van der Waals surface area contributed by atoms with Gasteiger partial charge in [0, 0.05) is 23.2 Å². The number of hydrogen-bond acceptors (Lipinski definition) is 6. The number of halogens is 3. The Bertz CT molecular complexity index is 1440. The molecule has 2 aromatic carbocycles. The van der Waals surface area contributed by atoms with Crippen LogP contribution in [0.25, 0.3) is 11.0 Å². The van der Waals surface area contributed by atoms with E-state index >= 15 is 0 Å². The predicted octanol–water partition coefficient (Wildman–Crippen LogP) is 5.58. The van der Waals surface area contributed by atoms with Gasteiger partial charge in [-0.25, -0.2) is 14.2 Å². The van der Waals surface area contributed by atoms with Crippen molar-refractivity contribution in [2.75, 3.05) is 12.0 Å². The number of alkyl halides is 2. The molecule has 9 nitrogen and oxygen atoms in total. The lowest BCUT2D eigenvalue weighted by Crippen LogP contribution is -2.42. The second-order valence-electron chi connectivity index (χ2n) is 10.3. The largest absolute Gasteiger partial charge is 0.481 e. The molecule has 5 rings (SSSR count). The average Bonchev–Trinajstić information content (AvgIpc) is 3.33. The molecule has 214 valence electrons. The fourth-order valence-corrected chi connectivity index (χ4v) is 6.07. The quantitative estimate of drug-likeness (QED) is 0.404. The van der Waals surface area contributed by atoms with Gasteiger partial charge in [0.15, 0.2) is 0 Å². The van der Waals surface area contributed by atoms with Crippen LogP contribution >= 0.6 is 0 Å². The summed E-state index contributed by atoms with van der Waals surface area (Å²) in [7, 11) is 1.30. The van der Waals surface area contributed by atoms with Crippen LogP contribution in [0, 0.1) is 11.7 Å². The highest BCUT2D eigenvalue weighted by Crippen LogP contribution is 2.43. The van der Waals surface area contributed by atoms with Gasteiger partial charge in [0.2, 0.25) is 0 Å². The number of benzene rings is 2. The standard InChI is InChI=1S/C28H30F3N3O6/c1-14-6-8-18-20(33(14)28(38)39-2)9-10-21-23(18)32-25(34(21)17-5-3-4-15(12-17)26(36)37)24(35)19-13-16(29)7-11-22(19)40-27(30)31/h7,9-11,13-15,17,24,27,35H,3-6,8,12H2,1-2H3,(H,36,37)/t14-,15+,17+,24+/m0/s1. The van der Waals surface area contributed by atoms with Crippen molar-refractivity contribution < 1.29 is 42.4 Å². The average molecular weight is 562 g/mol. The van der Waals surface area contributed by atoms with Gasteiger partial charge in [-0.2, -0.15) is 8.78 Å². The van der Waals surface area contributed by atoms with Crippen LogP contribution in [-0.4, -0.2) is 51.6 Å². The highest BCUT2D eigenvalue weighted by atomic mass is 19.3. The Morgan fingerprint density at radius 3 is 2.62 bits per heavy atom. The Morgan fingerprint density at radius 2 is 1.93 bits per heavy atom. The van der Waals surface area contributed by atoms with Gasteiger partial charge in [-0.15, -0.1) is 0 Å². The van der Waals surface area contributed by atoms with Gasteiger partial charge in [-0.3, -0.25) is 9.69 Å². The Morgan fingerprint density at radius 1 is 1.15 bits per heavy atom. The number of carbonyl (C=O) groups is 2. The maximum atomic E-state index is 14.3. The minimum Gasteiger partial charge on any atom is -0.481 e. The molecule has 40 heavy (non-hydrogen) atoms. The number of carbonyl (C=O) groups excluding carboxylic acids is 1. The van der Waals surface area contributed by atoms with Gasteiger partial charge in [-0.05, 0) is 69.4 Å². The number of anilines is 1. The van der Waals surface area contributed by atoms with Crippen molar-refractivity contribution in [1.82, 2.24) is 9.55 Å². The summed E-state index contributed by atoms with van der Waals surface area (Å²) < 4.78 is 51.9. The summed E-state index contributed by atoms with van der Waals surface area (Å²) in [5, 5.41) is 21.3. The molecule has 12 heteroatoms. The molecule has 3 aromatic rings. The lowest BCUT2D eigenvalue weighted by molar-refractivity contribution is -0.143. The first-order valence-electron chi connectivity index (χ1n) is 13.2. The molecule has 2 N–H and O–H groups in total. The number of ether oxygens (including phenoxy) is 2. The number of amides is 1. The van der Waals surface area contributed by atoms with Gasteiger partial charge in [-0.1, -0.05) is 6.42 Å². The number of carboxylic acids is 1. The number of imidazole rings is 1. The number of nitrogens with zero attached hydrogens (tertiary/aromatic N) is 3. The van der Waals surface area contributed by atoms with Crippen LogP contribution in [0.2, 0.25) is 0 Å². The number of carboxylic acid groups (broad SMARTS) is 1. The van der Waals surface area contributed by atoms with Crippen LogP contribution in [0.4, 0.5) is 23.7 Å². The van der Waals surface area contributed by atoms with Gasteiger partial charge >= 0.3 is 18.7 Å². The Balaban J connectivity index is 1.71. The first-order chi connectivity index (χ1) is 19.1. The number of fused-ring (bicyclic) bond motifs is 3. The predicted molar refractivity (Wildman–Crippen MR) is 138 cm³/mol. The maximum absolute atomic E-state index is 14.3. The van der Waals surface area contributed by atoms with E-state index in [4.69, 9.17) is 9.72 Å². The summed E-state index contributed by atoms with van der Waals surface area (Å²) >= 11 is 0. The van der Waals surface area contributed by atoms with E-state index in [2.05, 4.69) is 4.74 Å². The molecular weight excluding hydrogens is 531 g/mol. The number of aryl methyl sites for hydroxylation is 1. The summed E-state index contributed by atoms with van der Waals surface area (Å²) in [5.41, 5.74) is 2.18. The van der Waals surface area contributed by atoms with Crippen molar-refractivity contribution in [2.24, 2.45) is 5.92 Å². The third kappa shape index (κ3) is 4.96. The van der Waals surface area contributed by atoms with Crippen molar-refractivity contribution in [3.8, 4) is 5.75 Å². The van der Waals surface area contributed by atoms with E-state index in [0.717, 1.165) is 23.8 Å². The Hall–Kier alpha value is -3.80. The Labute approximate surface area is 228 Å². The number of hydrogen-bond donors (Lipinski definition) is 2. The number of aliphatic carboxylic acids is 1. The molecule has 4 atom stereocenters. The van der Waals surface area contributed by atoms with Crippen LogP contribution in [0.15, 0.2) is 30.3 Å². The molecule has 0 spiro atoms. The fraction of sp³-hybridized carbons (Fsp3) is 0.464. The second-order valence-corrected chi connectivity index (χ2v) is 10.3. The van der Waals surface area contributed by atoms with Crippen molar-refractivity contribution in [3.63, 3.8) is 0 Å². The van der Waals surface area contributed by atoms with Crippen LogP contribution in [0.1, 0.15) is 68.1 Å². The van der Waals surface area contributed by atoms with Crippen molar-refractivity contribution >= 4 is 28.8 Å². The highest BCUT2D eigenvalue weighted by molar-refractivity contribution is 5.95. The zero-order chi connectivity index (χ0) is 28.7. The highest BCUT2D eigenvalue weighted by Gasteiger charge is 2.36. The lowest BCUT2D eigenvalue weighted by atomic mass is 9.85. The molecule has 1 aliphatic carbocycles. The van der Waals surface area contributed by atoms with Crippen LogP contribution < -0.4 is 9.64 Å². The first kappa shape index (κ1) is 27.8. The monoisotopic (exact) mass is 561 g/mol. The number of rotatable bonds is 6. The maximum Gasteiger partial charge on any atom is 0.414 e. The molecule has 1 fully saturated rings. The SMILES string of the molecule is COC(=O)N1c2ccc3c(nc([C@H](O)c4cc(F)ccc4OC(F)F)n3[C@@H]3CCC[C@@H](C(=O)O)C3)c2CC[C@@H]1C. The molecule has 0 bridgehead atoms. The fourth-order valence-electron chi connectivity index (χ4n) is 6.07. The number of aliphatic hydroxyl groups excluding tert-OH is 1. The lowest BCUT2D eigenvalue weighted by Gasteiger charge is -2.34. The summed E-state index contributed by atoms with van der Waals surface area (Å²) in [5.74, 6) is -2.65. The molecule has 1 saturated carbocycles. The number of methoxy groups -OCH3 is 1. The van der Waals surface area contributed by atoms with Gasteiger partial charge < -0.3 is 24.3 Å². The first-order valence-corrected chi connectivity index (χ1v) is 13.2. The molecule has 2 heterocycles. The van der Waals surface area contributed by atoms with Gasteiger partial charge in [0.05, 0.1) is 29.7 Å². The molecule has 1 amide bonds. The van der Waals surface area contributed by atoms with Crippen molar-refractivity contribution in [3.05, 3.63) is 53.1 Å². The molecule has 0 radical (unpaired) electrons. The molecule has 1 aliphatic heterocycles. The van der Waals surface area contributed by atoms with Crippen LogP contribution in [0.3, 0.4) is 0 Å². The van der Waals surface area contributed by atoms with E-state index < -0.39 is 42.3 Å². The van der Waals surface area contributed by atoms with Crippen molar-refractivity contribution in [1.29, 1.82) is 0 Å². The number of aliphatic hydroxyl groups is 1. The molecule has 0 unspecified atom stereocenters. The number of aromatic nitrogens is 2. The zero-order valence-corrected chi connectivity index (χ0v) is 22.0. The van der Waals surface area contributed by atoms with Gasteiger partial charge in [0.25, 0.3) is 0 Å².